The standard InChI is InChI=1S/C25H30N2O2S/c1-18-22(24(28)26-17-25(27(2)3)14-7-8-15-25)23-20(12-9-13-21(23)30-18)29-16-19-10-5-4-6-11-19/h4-6,9-13H,7-8,14-17H2,1-3H3,(H,26,28). The van der Waals surface area contributed by atoms with Gasteiger partial charge in [0, 0.05) is 27.0 Å². The zero-order valence-electron chi connectivity index (χ0n) is 18.0. The van der Waals surface area contributed by atoms with Crippen molar-refractivity contribution >= 4 is 27.3 Å². The molecule has 3 aromatic rings. The molecule has 5 heteroatoms. The first-order valence-corrected chi connectivity index (χ1v) is 11.5. The van der Waals surface area contributed by atoms with Crippen LogP contribution in [0.25, 0.3) is 10.1 Å². The fourth-order valence-electron chi connectivity index (χ4n) is 4.51. The van der Waals surface area contributed by atoms with Crippen molar-refractivity contribution < 1.29 is 9.53 Å². The maximum absolute atomic E-state index is 13.3. The lowest BCUT2D eigenvalue weighted by atomic mass is 9.95. The second-order valence-electron chi connectivity index (χ2n) is 8.45. The lowest BCUT2D eigenvalue weighted by Gasteiger charge is -2.36. The zero-order chi connectivity index (χ0) is 21.1. The number of rotatable bonds is 7. The van der Waals surface area contributed by atoms with Crippen LogP contribution in [0, 0.1) is 6.92 Å². The molecule has 1 N–H and O–H groups in total. The predicted octanol–water partition coefficient (Wildman–Crippen LogP) is 5.39. The number of likely N-dealkylation sites (N-methyl/N-ethyl adjacent to an activating group) is 1. The molecule has 30 heavy (non-hydrogen) atoms. The van der Waals surface area contributed by atoms with Crippen molar-refractivity contribution in [2.75, 3.05) is 20.6 Å². The van der Waals surface area contributed by atoms with Gasteiger partial charge in [-0.1, -0.05) is 49.2 Å². The third-order valence-corrected chi connectivity index (χ3v) is 7.45. The minimum absolute atomic E-state index is 0.00244. The maximum atomic E-state index is 13.3. The largest absolute Gasteiger partial charge is 0.488 e. The Morgan fingerprint density at radius 3 is 2.53 bits per heavy atom. The molecule has 1 amide bonds. The Balaban J connectivity index is 1.58. The minimum atomic E-state index is 0.00244. The summed E-state index contributed by atoms with van der Waals surface area (Å²) in [6.07, 6.45) is 4.72. The number of hydrogen-bond acceptors (Lipinski definition) is 4. The van der Waals surface area contributed by atoms with E-state index in [0.29, 0.717) is 13.2 Å². The van der Waals surface area contributed by atoms with Crippen molar-refractivity contribution in [3.63, 3.8) is 0 Å². The summed E-state index contributed by atoms with van der Waals surface area (Å²) in [6.45, 7) is 3.19. The van der Waals surface area contributed by atoms with E-state index in [2.05, 4.69) is 42.5 Å². The van der Waals surface area contributed by atoms with E-state index in [0.717, 1.165) is 44.7 Å². The van der Waals surface area contributed by atoms with E-state index in [1.165, 1.54) is 12.8 Å². The predicted molar refractivity (Wildman–Crippen MR) is 125 cm³/mol. The topological polar surface area (TPSA) is 41.6 Å². The summed E-state index contributed by atoms with van der Waals surface area (Å²) >= 11 is 1.66. The number of fused-ring (bicyclic) bond motifs is 1. The Kier molecular flexibility index (Phi) is 6.11. The Hall–Kier alpha value is -2.37. The van der Waals surface area contributed by atoms with Crippen LogP contribution < -0.4 is 10.1 Å². The summed E-state index contributed by atoms with van der Waals surface area (Å²) in [5.74, 6) is 0.775. The van der Waals surface area contributed by atoms with Crippen molar-refractivity contribution in [2.24, 2.45) is 0 Å². The molecule has 0 aliphatic heterocycles. The van der Waals surface area contributed by atoms with Gasteiger partial charge in [-0.25, -0.2) is 0 Å². The van der Waals surface area contributed by atoms with Crippen molar-refractivity contribution in [1.82, 2.24) is 10.2 Å². The van der Waals surface area contributed by atoms with Crippen LogP contribution in [0.5, 0.6) is 5.75 Å². The van der Waals surface area contributed by atoms with Gasteiger partial charge in [0.05, 0.1) is 5.56 Å². The van der Waals surface area contributed by atoms with E-state index in [9.17, 15) is 4.79 Å². The van der Waals surface area contributed by atoms with Gasteiger partial charge in [0.1, 0.15) is 12.4 Å². The monoisotopic (exact) mass is 422 g/mol. The average molecular weight is 423 g/mol. The number of amides is 1. The van der Waals surface area contributed by atoms with Crippen molar-refractivity contribution in [3.05, 3.63) is 64.5 Å². The first-order valence-electron chi connectivity index (χ1n) is 10.6. The Labute approximate surface area is 182 Å². The lowest BCUT2D eigenvalue weighted by Crippen LogP contribution is -2.50. The SMILES string of the molecule is Cc1sc2cccc(OCc3ccccc3)c2c1C(=O)NCC1(N(C)C)CCCC1. The van der Waals surface area contributed by atoms with Crippen LogP contribution in [0.15, 0.2) is 48.5 Å². The number of hydrogen-bond donors (Lipinski definition) is 1. The Bertz CT molecular complexity index is 1020. The molecule has 1 fully saturated rings. The summed E-state index contributed by atoms with van der Waals surface area (Å²) in [4.78, 5) is 16.6. The average Bonchev–Trinajstić information content (AvgIpc) is 3.36. The first kappa shape index (κ1) is 20.9. The molecule has 0 bridgehead atoms. The maximum Gasteiger partial charge on any atom is 0.253 e. The van der Waals surface area contributed by atoms with Crippen LogP contribution in [-0.4, -0.2) is 37.0 Å². The highest BCUT2D eigenvalue weighted by Crippen LogP contribution is 2.38. The highest BCUT2D eigenvalue weighted by atomic mass is 32.1. The quantitative estimate of drug-likeness (QED) is 0.555. The Morgan fingerprint density at radius 1 is 1.10 bits per heavy atom. The molecule has 2 aromatic carbocycles. The molecule has 0 radical (unpaired) electrons. The summed E-state index contributed by atoms with van der Waals surface area (Å²) in [6, 6.07) is 16.2. The van der Waals surface area contributed by atoms with E-state index in [1.54, 1.807) is 11.3 Å². The van der Waals surface area contributed by atoms with Gasteiger partial charge in [0.25, 0.3) is 5.91 Å². The van der Waals surface area contributed by atoms with E-state index in [-0.39, 0.29) is 11.4 Å². The van der Waals surface area contributed by atoms with Gasteiger partial charge >= 0.3 is 0 Å². The van der Waals surface area contributed by atoms with Gasteiger partial charge in [0.15, 0.2) is 0 Å². The van der Waals surface area contributed by atoms with Crippen LogP contribution in [0.2, 0.25) is 0 Å². The molecule has 4 rings (SSSR count). The van der Waals surface area contributed by atoms with Crippen molar-refractivity contribution in [3.8, 4) is 5.75 Å². The molecular weight excluding hydrogens is 392 g/mol. The smallest absolute Gasteiger partial charge is 0.253 e. The normalized spacial score (nSPS) is 15.6. The van der Waals surface area contributed by atoms with Gasteiger partial charge in [-0.2, -0.15) is 0 Å². The molecule has 0 spiro atoms. The van der Waals surface area contributed by atoms with Gasteiger partial charge in [-0.3, -0.25) is 4.79 Å². The molecule has 4 nitrogen and oxygen atoms in total. The molecule has 1 heterocycles. The van der Waals surface area contributed by atoms with Crippen molar-refractivity contribution in [2.45, 2.75) is 44.8 Å². The van der Waals surface area contributed by atoms with Crippen LogP contribution in [0.4, 0.5) is 0 Å². The molecule has 1 saturated carbocycles. The zero-order valence-corrected chi connectivity index (χ0v) is 18.8. The summed E-state index contributed by atoms with van der Waals surface area (Å²) in [5, 5.41) is 4.18. The number of ether oxygens (including phenoxy) is 1. The van der Waals surface area contributed by atoms with E-state index >= 15 is 0 Å². The van der Waals surface area contributed by atoms with E-state index in [4.69, 9.17) is 4.74 Å². The van der Waals surface area contributed by atoms with Crippen LogP contribution in [0.3, 0.4) is 0 Å². The van der Waals surface area contributed by atoms with Gasteiger partial charge in [-0.05, 0) is 51.6 Å². The molecule has 0 unspecified atom stereocenters. The summed E-state index contributed by atoms with van der Waals surface area (Å²) in [7, 11) is 4.25. The number of benzene rings is 2. The number of carbonyl (C=O) groups is 1. The third-order valence-electron chi connectivity index (χ3n) is 6.38. The molecule has 0 atom stereocenters. The highest BCUT2D eigenvalue weighted by molar-refractivity contribution is 7.19. The lowest BCUT2D eigenvalue weighted by molar-refractivity contribution is 0.0901. The number of carbonyl (C=O) groups excluding carboxylic acids is 1. The number of nitrogens with one attached hydrogen (secondary N) is 1. The summed E-state index contributed by atoms with van der Waals surface area (Å²) in [5.41, 5.74) is 1.94. The van der Waals surface area contributed by atoms with E-state index < -0.39 is 0 Å². The van der Waals surface area contributed by atoms with Gasteiger partial charge in [-0.15, -0.1) is 11.3 Å². The molecule has 0 saturated heterocycles. The van der Waals surface area contributed by atoms with Crippen LogP contribution in [-0.2, 0) is 6.61 Å². The molecule has 1 aliphatic rings. The van der Waals surface area contributed by atoms with Crippen LogP contribution in [0.1, 0.15) is 46.5 Å². The highest BCUT2D eigenvalue weighted by Gasteiger charge is 2.36. The molecule has 158 valence electrons. The van der Waals surface area contributed by atoms with Gasteiger partial charge in [0.2, 0.25) is 0 Å². The fourth-order valence-corrected chi connectivity index (χ4v) is 5.59. The first-order chi connectivity index (χ1) is 14.5. The second-order valence-corrected chi connectivity index (χ2v) is 9.70. The number of nitrogens with zero attached hydrogens (tertiary/aromatic N) is 1. The second kappa shape index (κ2) is 8.78. The number of thiophene rings is 1. The molecule has 1 aliphatic carbocycles. The number of aryl methyl sites for hydroxylation is 1. The molecule has 1 aromatic heterocycles. The van der Waals surface area contributed by atoms with E-state index in [1.807, 2.05) is 37.3 Å². The minimum Gasteiger partial charge on any atom is -0.488 e. The van der Waals surface area contributed by atoms with Crippen molar-refractivity contribution in [1.29, 1.82) is 0 Å². The van der Waals surface area contributed by atoms with Gasteiger partial charge < -0.3 is 15.0 Å². The molecular formula is C25H30N2O2S. The third kappa shape index (κ3) is 4.09. The Morgan fingerprint density at radius 2 is 1.83 bits per heavy atom. The fraction of sp³-hybridized carbons (Fsp3) is 0.400. The summed E-state index contributed by atoms with van der Waals surface area (Å²) < 4.78 is 7.25. The van der Waals surface area contributed by atoms with Crippen LogP contribution >= 0.6 is 11.3 Å².